The normalized spacial score (nSPS) is 11.4. The minimum absolute atomic E-state index is 0.0479. The zero-order valence-corrected chi connectivity index (χ0v) is 78.9. The van der Waals surface area contributed by atoms with Crippen LogP contribution in [-0.4, -0.2) is 62.5 Å². The van der Waals surface area contributed by atoms with Crippen molar-refractivity contribution in [3.05, 3.63) is 390 Å². The molecule has 0 amide bonds. The zero-order chi connectivity index (χ0) is 92.3. The number of ether oxygens (including phenoxy) is 2. The first-order valence-corrected chi connectivity index (χ1v) is 44.4. The molecule has 0 unspecified atom stereocenters. The topological polar surface area (TPSA) is 205 Å². The highest BCUT2D eigenvalue weighted by molar-refractivity contribution is 6.30. The number of para-hydroxylation sites is 1. The third-order valence-corrected chi connectivity index (χ3v) is 20.9. The van der Waals surface area contributed by atoms with Crippen LogP contribution in [0.15, 0.2) is 273 Å². The Morgan fingerprint density at radius 2 is 0.840 bits per heavy atom. The molecule has 0 atom stereocenters. The van der Waals surface area contributed by atoms with E-state index in [0.717, 1.165) is 71.2 Å². The van der Waals surface area contributed by atoms with Gasteiger partial charge in [0.25, 0.3) is 0 Å². The number of nitrogens with two attached hydrogens (primary N) is 2. The molecule has 1 saturated heterocycles. The third-order valence-electron chi connectivity index (χ3n) is 20.6. The summed E-state index contributed by atoms with van der Waals surface area (Å²) in [6, 6.07) is 88.1. The number of pyridine rings is 2. The second-order valence-corrected chi connectivity index (χ2v) is 34.5. The molecule has 1 aliphatic rings. The van der Waals surface area contributed by atoms with Gasteiger partial charge in [0.05, 0.1) is 44.6 Å². The van der Waals surface area contributed by atoms with Gasteiger partial charge in [0, 0.05) is 55.5 Å². The smallest absolute Gasteiger partial charge is 0.357 e. The monoisotopic (exact) mass is 1700 g/mol. The van der Waals surface area contributed by atoms with E-state index in [1.54, 1.807) is 30.5 Å². The second kappa shape index (κ2) is 59.0. The number of phenols is 1. The standard InChI is InChI=1S/C20H19NO3.C14H21NO.C10H11N.C10H15N.C10H11N.C10H15N.2C10H14O.C9H11Cl.C8H11N/c1-13(2)16-7-3-5-14(11-16)12-24-20(23)17-10-9-15-6-4-8-18(22)19(15)21-17;1-12(2)14-5-3-4-13(10-14)11-15-6-8-16-9-7-15;1-8(2)9-5-4-6-10(7-9)11-3;2*1-8(2)10-5-3-9(7-11)4-6-10;1-8(2)10-5-3-4-9(6-10)7-11;1-8(2)10-5-3-9(7-11)4-6-10;1-8(2)10-5-3-4-9(6-10)7-11;1-7(2)8-4-3-5-9(10)6-8;1-7(2)8-4-3-5-9-6-8/h3-11,13,22H,12H2,1-2H3;3-5,10,12H,6-9,11H2,1-2H3;4-8H,1-2H3;3-6,8H,7,11H2,1-2H3;3-6,8H,1-2H3;3-6,8H,7,11H2,1-2H3;2*3-6,8,11H,7H2,1-2H3;3-7H,1-2H3;3-7H,1-2H3. The summed E-state index contributed by atoms with van der Waals surface area (Å²) >= 11 is 5.79. The van der Waals surface area contributed by atoms with Gasteiger partial charge in [-0.05, 0) is 185 Å². The number of aliphatic hydroxyl groups is 2. The molecule has 664 valence electrons. The molecule has 10 aromatic carbocycles. The van der Waals surface area contributed by atoms with Crippen molar-refractivity contribution in [2.24, 2.45) is 11.5 Å². The summed E-state index contributed by atoms with van der Waals surface area (Å²) in [5.74, 6) is 5.13. The number of carbonyl (C=O) groups excluding carboxylic acids is 1. The summed E-state index contributed by atoms with van der Waals surface area (Å²) in [4.78, 5) is 26.3. The Hall–Kier alpha value is -10.9. The molecule has 0 bridgehead atoms. The van der Waals surface area contributed by atoms with E-state index in [2.05, 4.69) is 280 Å². The van der Waals surface area contributed by atoms with Crippen LogP contribution in [0.1, 0.15) is 303 Å². The Morgan fingerprint density at radius 1 is 0.448 bits per heavy atom. The van der Waals surface area contributed by atoms with Crippen LogP contribution in [0.3, 0.4) is 0 Å². The van der Waals surface area contributed by atoms with Gasteiger partial charge in [-0.15, -0.1) is 0 Å². The fourth-order valence-corrected chi connectivity index (χ4v) is 12.4. The first-order chi connectivity index (χ1) is 59.7. The second-order valence-electron chi connectivity index (χ2n) is 34.0. The average molecular weight is 1710 g/mol. The molecule has 12 aromatic rings. The van der Waals surface area contributed by atoms with Gasteiger partial charge in [-0.25, -0.2) is 14.6 Å². The molecule has 13 rings (SSSR count). The molecule has 1 aliphatic heterocycles. The molecule has 13 nitrogen and oxygen atoms in total. The van der Waals surface area contributed by atoms with Crippen LogP contribution >= 0.6 is 11.6 Å². The number of aromatic nitrogens is 2. The van der Waals surface area contributed by atoms with Gasteiger partial charge >= 0.3 is 5.97 Å². The van der Waals surface area contributed by atoms with Crippen LogP contribution in [0, 0.1) is 17.9 Å². The molecule has 1 fully saturated rings. The van der Waals surface area contributed by atoms with Crippen molar-refractivity contribution in [3.8, 4) is 11.8 Å². The molecular formula is C111H142ClN7O6. The molecule has 125 heavy (non-hydrogen) atoms. The summed E-state index contributed by atoms with van der Waals surface area (Å²) < 4.78 is 10.7. The van der Waals surface area contributed by atoms with E-state index in [9.17, 15) is 9.90 Å². The van der Waals surface area contributed by atoms with Gasteiger partial charge in [-0.3, -0.25) is 9.88 Å². The van der Waals surface area contributed by atoms with Crippen molar-refractivity contribution in [2.45, 2.75) is 237 Å². The molecule has 3 heterocycles. The quantitative estimate of drug-likeness (QED) is 0.0379. The van der Waals surface area contributed by atoms with E-state index in [1.165, 1.54) is 72.3 Å². The van der Waals surface area contributed by atoms with Gasteiger partial charge in [0.2, 0.25) is 0 Å². The summed E-state index contributed by atoms with van der Waals surface area (Å²) in [5, 5.41) is 37.6. The number of aliphatic hydroxyl groups excluding tert-OH is 2. The van der Waals surface area contributed by atoms with Crippen molar-refractivity contribution in [1.29, 1.82) is 5.26 Å². The summed E-state index contributed by atoms with van der Waals surface area (Å²) in [6.45, 7) is 56.8. The van der Waals surface area contributed by atoms with Crippen LogP contribution in [0.25, 0.3) is 15.7 Å². The maximum absolute atomic E-state index is 12.2. The summed E-state index contributed by atoms with van der Waals surface area (Å²) in [6.07, 6.45) is 3.70. The highest BCUT2D eigenvalue weighted by Crippen LogP contribution is 2.27. The van der Waals surface area contributed by atoms with Crippen LogP contribution in [0.4, 0.5) is 5.69 Å². The zero-order valence-electron chi connectivity index (χ0n) is 78.2. The Balaban J connectivity index is 0.000000296. The fourth-order valence-electron chi connectivity index (χ4n) is 12.2. The highest BCUT2D eigenvalue weighted by Gasteiger charge is 2.15. The molecule has 0 aliphatic carbocycles. The number of morpholine rings is 1. The number of hydrogen-bond donors (Lipinski definition) is 5. The van der Waals surface area contributed by atoms with Crippen LogP contribution < -0.4 is 11.5 Å². The number of halogens is 1. The minimum atomic E-state index is -0.505. The maximum Gasteiger partial charge on any atom is 0.357 e. The lowest BCUT2D eigenvalue weighted by atomic mass is 10.0. The van der Waals surface area contributed by atoms with E-state index < -0.39 is 5.97 Å². The highest BCUT2D eigenvalue weighted by atomic mass is 35.5. The third kappa shape index (κ3) is 41.6. The van der Waals surface area contributed by atoms with E-state index in [0.29, 0.717) is 77.8 Å². The van der Waals surface area contributed by atoms with E-state index >= 15 is 0 Å². The molecule has 7 N–H and O–H groups in total. The van der Waals surface area contributed by atoms with Crippen molar-refractivity contribution in [1.82, 2.24) is 14.9 Å². The van der Waals surface area contributed by atoms with Gasteiger partial charge in [-0.2, -0.15) is 5.26 Å². The van der Waals surface area contributed by atoms with E-state index in [1.807, 2.05) is 128 Å². The predicted octanol–water partition coefficient (Wildman–Crippen LogP) is 27.9. The fraction of sp³-hybridized carbons (Fsp3) is 0.360. The Labute approximate surface area is 755 Å². The Kier molecular flexibility index (Phi) is 50.3. The van der Waals surface area contributed by atoms with Gasteiger partial charge < -0.3 is 36.3 Å². The van der Waals surface area contributed by atoms with E-state index in [-0.39, 0.29) is 31.3 Å². The number of nitrogens with zero attached hydrogens (tertiary/aromatic N) is 5. The number of phenolic OH excluding ortho intramolecular Hbond substituents is 1. The lowest BCUT2D eigenvalue weighted by Crippen LogP contribution is -2.35. The Morgan fingerprint density at radius 3 is 1.26 bits per heavy atom. The Bertz CT molecular complexity index is 4980. The largest absolute Gasteiger partial charge is 0.506 e. The lowest BCUT2D eigenvalue weighted by Gasteiger charge is -2.26. The number of rotatable bonds is 19. The first-order valence-electron chi connectivity index (χ1n) is 44.1. The van der Waals surface area contributed by atoms with Gasteiger partial charge in [0.15, 0.2) is 5.69 Å². The summed E-state index contributed by atoms with van der Waals surface area (Å²) in [5.41, 5.74) is 32.9. The molecule has 0 radical (unpaired) electrons. The molecule has 14 heteroatoms. The molecule has 0 spiro atoms. The number of hydrogen-bond acceptors (Lipinski definition) is 12. The number of fused-ring (bicyclic) bond motifs is 1. The number of esters is 1. The average Bonchev–Trinajstić information content (AvgIpc) is 0.812. The predicted molar refractivity (Wildman–Crippen MR) is 525 cm³/mol. The SMILES string of the molecule is CC(C)c1ccc(C#N)cc1.CC(C)c1ccc(CN)cc1.CC(C)c1ccc(CO)cc1.CC(C)c1cccc(CN)c1.CC(C)c1cccc(CN2CCOCC2)c1.CC(C)c1cccc(CO)c1.CC(C)c1cccc(COC(=O)c2ccc3cccc(O)c3n2)c1.CC(C)c1cccc(Cl)c1.CC(C)c1cccnc1.[C-]#[N+]c1cccc(C(C)C)c1. The van der Waals surface area contributed by atoms with Gasteiger partial charge in [0.1, 0.15) is 23.6 Å². The van der Waals surface area contributed by atoms with Crippen molar-refractivity contribution >= 4 is 34.2 Å². The number of benzene rings is 10. The van der Waals surface area contributed by atoms with Crippen LogP contribution in [0.5, 0.6) is 5.75 Å². The molecule has 0 saturated carbocycles. The van der Waals surface area contributed by atoms with E-state index in [4.69, 9.17) is 54.6 Å². The van der Waals surface area contributed by atoms with Crippen LogP contribution in [0.2, 0.25) is 5.02 Å². The van der Waals surface area contributed by atoms with Crippen molar-refractivity contribution in [3.63, 3.8) is 0 Å². The molecule has 2 aromatic heterocycles. The number of carbonyl (C=O) groups is 1. The molecular weight excluding hydrogens is 1560 g/mol. The lowest BCUT2D eigenvalue weighted by molar-refractivity contribution is 0.0342. The van der Waals surface area contributed by atoms with Crippen LogP contribution in [-0.2, 0) is 48.9 Å². The van der Waals surface area contributed by atoms with Gasteiger partial charge in [-0.1, -0.05) is 374 Å². The maximum atomic E-state index is 12.2. The first kappa shape index (κ1) is 106. The van der Waals surface area contributed by atoms with Crippen molar-refractivity contribution in [2.75, 3.05) is 26.3 Å². The van der Waals surface area contributed by atoms with Crippen molar-refractivity contribution < 1.29 is 29.6 Å². The number of nitriles is 1. The minimum Gasteiger partial charge on any atom is -0.506 e. The summed E-state index contributed by atoms with van der Waals surface area (Å²) in [7, 11) is 0. The number of aromatic hydroxyl groups is 1.